The van der Waals surface area contributed by atoms with E-state index in [2.05, 4.69) is 9.97 Å². The number of hydrogen-bond donors (Lipinski definition) is 1. The smallest absolute Gasteiger partial charge is 0.294 e. The van der Waals surface area contributed by atoms with E-state index in [0.29, 0.717) is 0 Å². The SMILES string of the molecule is CC(C)(F)c1nc[nH]c(=O)c1Oc1cc(Cl)cc(C#N)c1F. The summed E-state index contributed by atoms with van der Waals surface area (Å²) >= 11 is 5.76. The van der Waals surface area contributed by atoms with E-state index in [4.69, 9.17) is 21.6 Å². The van der Waals surface area contributed by atoms with Crippen molar-refractivity contribution in [2.24, 2.45) is 0 Å². The maximum absolute atomic E-state index is 14.1. The van der Waals surface area contributed by atoms with Gasteiger partial charge in [0.2, 0.25) is 5.75 Å². The second-order valence-electron chi connectivity index (χ2n) is 4.86. The summed E-state index contributed by atoms with van der Waals surface area (Å²) < 4.78 is 33.4. The van der Waals surface area contributed by atoms with Crippen LogP contribution in [0.1, 0.15) is 25.1 Å². The number of H-pyrrole nitrogens is 1. The van der Waals surface area contributed by atoms with E-state index in [-0.39, 0.29) is 16.3 Å². The van der Waals surface area contributed by atoms with Crippen LogP contribution in [0, 0.1) is 17.1 Å². The summed E-state index contributed by atoms with van der Waals surface area (Å²) in [4.78, 5) is 17.8. The second-order valence-corrected chi connectivity index (χ2v) is 5.30. The topological polar surface area (TPSA) is 78.8 Å². The third kappa shape index (κ3) is 3.07. The molecule has 0 radical (unpaired) electrons. The lowest BCUT2D eigenvalue weighted by Gasteiger charge is -2.17. The lowest BCUT2D eigenvalue weighted by Crippen LogP contribution is -2.20. The van der Waals surface area contributed by atoms with Gasteiger partial charge in [0.05, 0.1) is 11.9 Å². The van der Waals surface area contributed by atoms with Gasteiger partial charge in [0.1, 0.15) is 11.8 Å². The molecule has 0 unspecified atom stereocenters. The Kier molecular flexibility index (Phi) is 4.15. The molecular formula is C14H10ClF2N3O2. The van der Waals surface area contributed by atoms with Crippen LogP contribution in [0.25, 0.3) is 0 Å². The quantitative estimate of drug-likeness (QED) is 0.937. The fraction of sp³-hybridized carbons (Fsp3) is 0.214. The molecule has 1 N–H and O–H groups in total. The second kappa shape index (κ2) is 5.73. The molecule has 114 valence electrons. The highest BCUT2D eigenvalue weighted by Crippen LogP contribution is 2.33. The maximum Gasteiger partial charge on any atom is 0.294 e. The van der Waals surface area contributed by atoms with E-state index < -0.39 is 28.5 Å². The first kappa shape index (κ1) is 15.9. The summed E-state index contributed by atoms with van der Waals surface area (Å²) in [6, 6.07) is 3.80. The van der Waals surface area contributed by atoms with Gasteiger partial charge in [0.15, 0.2) is 17.2 Å². The lowest BCUT2D eigenvalue weighted by molar-refractivity contribution is 0.206. The standard InChI is InChI=1S/C14H10ClF2N3O2/c1-14(2,17)12-11(13(21)20-6-19-12)22-9-4-8(15)3-7(5-18)10(9)16/h3-4,6H,1-2H3,(H,19,20,21). The Labute approximate surface area is 129 Å². The summed E-state index contributed by atoms with van der Waals surface area (Å²) in [5, 5.41) is 8.86. The minimum atomic E-state index is -1.99. The number of hydrogen-bond acceptors (Lipinski definition) is 4. The average molecular weight is 326 g/mol. The van der Waals surface area contributed by atoms with Gasteiger partial charge in [0.25, 0.3) is 5.56 Å². The maximum atomic E-state index is 14.1. The van der Waals surface area contributed by atoms with Gasteiger partial charge in [-0.15, -0.1) is 0 Å². The van der Waals surface area contributed by atoms with E-state index in [1.807, 2.05) is 0 Å². The third-order valence-electron chi connectivity index (χ3n) is 2.71. The van der Waals surface area contributed by atoms with Crippen molar-refractivity contribution in [3.05, 3.63) is 50.9 Å². The summed E-state index contributed by atoms with van der Waals surface area (Å²) in [7, 11) is 0. The van der Waals surface area contributed by atoms with Crippen molar-refractivity contribution in [3.8, 4) is 17.6 Å². The summed E-state index contributed by atoms with van der Waals surface area (Å²) in [5.74, 6) is -1.97. The fourth-order valence-electron chi connectivity index (χ4n) is 1.74. The van der Waals surface area contributed by atoms with Crippen molar-refractivity contribution in [2.45, 2.75) is 19.5 Å². The first-order valence-electron chi connectivity index (χ1n) is 6.08. The van der Waals surface area contributed by atoms with Gasteiger partial charge in [-0.3, -0.25) is 4.79 Å². The Bertz CT molecular complexity index is 822. The first-order chi connectivity index (χ1) is 10.2. The van der Waals surface area contributed by atoms with E-state index in [9.17, 15) is 13.6 Å². The Morgan fingerprint density at radius 3 is 2.73 bits per heavy atom. The normalized spacial score (nSPS) is 11.1. The van der Waals surface area contributed by atoms with Crippen molar-refractivity contribution in [3.63, 3.8) is 0 Å². The van der Waals surface area contributed by atoms with Gasteiger partial charge >= 0.3 is 0 Å². The molecule has 0 amide bonds. The molecule has 2 rings (SSSR count). The van der Waals surface area contributed by atoms with Crippen molar-refractivity contribution in [1.82, 2.24) is 9.97 Å². The molecule has 1 heterocycles. The molecule has 0 aliphatic carbocycles. The van der Waals surface area contributed by atoms with Crippen molar-refractivity contribution < 1.29 is 13.5 Å². The van der Waals surface area contributed by atoms with Crippen LogP contribution in [0.3, 0.4) is 0 Å². The van der Waals surface area contributed by atoms with Crippen LogP contribution in [0.2, 0.25) is 5.02 Å². The zero-order valence-corrected chi connectivity index (χ0v) is 12.3. The predicted molar refractivity (Wildman–Crippen MR) is 75.2 cm³/mol. The van der Waals surface area contributed by atoms with Crippen molar-refractivity contribution in [1.29, 1.82) is 5.26 Å². The molecule has 0 spiro atoms. The third-order valence-corrected chi connectivity index (χ3v) is 2.93. The Balaban J connectivity index is 2.61. The number of aromatic nitrogens is 2. The Hall–Kier alpha value is -2.46. The molecule has 0 saturated heterocycles. The summed E-state index contributed by atoms with van der Waals surface area (Å²) in [6.45, 7) is 2.35. The van der Waals surface area contributed by atoms with Gasteiger partial charge in [0, 0.05) is 11.1 Å². The molecule has 0 bridgehead atoms. The number of nitrogens with zero attached hydrogens (tertiary/aromatic N) is 2. The van der Waals surface area contributed by atoms with E-state index in [0.717, 1.165) is 18.5 Å². The molecule has 22 heavy (non-hydrogen) atoms. The minimum absolute atomic E-state index is 0.0364. The minimum Gasteiger partial charge on any atom is -0.446 e. The molecule has 0 fully saturated rings. The molecule has 0 saturated carbocycles. The van der Waals surface area contributed by atoms with E-state index >= 15 is 0 Å². The molecule has 0 aliphatic heterocycles. The molecule has 2 aromatic rings. The van der Waals surface area contributed by atoms with Crippen LogP contribution in [-0.2, 0) is 5.67 Å². The zero-order valence-electron chi connectivity index (χ0n) is 11.6. The number of aromatic amines is 1. The van der Waals surface area contributed by atoms with Crippen LogP contribution < -0.4 is 10.3 Å². The number of alkyl halides is 1. The van der Waals surface area contributed by atoms with Crippen molar-refractivity contribution >= 4 is 11.6 Å². The Morgan fingerprint density at radius 1 is 1.45 bits per heavy atom. The average Bonchev–Trinajstić information content (AvgIpc) is 2.43. The Morgan fingerprint density at radius 2 is 2.14 bits per heavy atom. The number of nitrogens with one attached hydrogen (secondary N) is 1. The van der Waals surface area contributed by atoms with Gasteiger partial charge in [-0.1, -0.05) is 11.6 Å². The predicted octanol–water partition coefficient (Wildman–Crippen LogP) is 3.43. The lowest BCUT2D eigenvalue weighted by atomic mass is 10.1. The van der Waals surface area contributed by atoms with Gasteiger partial charge in [-0.05, 0) is 19.9 Å². The fourth-order valence-corrected chi connectivity index (χ4v) is 1.94. The summed E-state index contributed by atoms with van der Waals surface area (Å²) in [5.41, 5.74) is -3.43. The highest BCUT2D eigenvalue weighted by atomic mass is 35.5. The van der Waals surface area contributed by atoms with Crippen LogP contribution in [0.5, 0.6) is 11.5 Å². The van der Waals surface area contributed by atoms with Gasteiger partial charge < -0.3 is 9.72 Å². The molecule has 0 aliphatic rings. The molecule has 1 aromatic heterocycles. The molecule has 1 aromatic carbocycles. The number of benzene rings is 1. The van der Waals surface area contributed by atoms with E-state index in [1.165, 1.54) is 13.8 Å². The van der Waals surface area contributed by atoms with Gasteiger partial charge in [-0.25, -0.2) is 13.8 Å². The van der Waals surface area contributed by atoms with Crippen molar-refractivity contribution in [2.75, 3.05) is 0 Å². The largest absolute Gasteiger partial charge is 0.446 e. The van der Waals surface area contributed by atoms with Crippen LogP contribution in [0.4, 0.5) is 8.78 Å². The van der Waals surface area contributed by atoms with Crippen LogP contribution in [0.15, 0.2) is 23.3 Å². The molecule has 5 nitrogen and oxygen atoms in total. The first-order valence-corrected chi connectivity index (χ1v) is 6.46. The highest BCUT2D eigenvalue weighted by Gasteiger charge is 2.28. The number of nitriles is 1. The zero-order chi connectivity index (χ0) is 16.5. The molecule has 8 heteroatoms. The van der Waals surface area contributed by atoms with Crippen LogP contribution >= 0.6 is 11.6 Å². The number of halogens is 3. The molecule has 0 atom stereocenters. The molecular weight excluding hydrogens is 316 g/mol. The summed E-state index contributed by atoms with van der Waals surface area (Å²) in [6.07, 6.45) is 1.01. The number of ether oxygens (including phenoxy) is 1. The number of rotatable bonds is 3. The van der Waals surface area contributed by atoms with E-state index in [1.54, 1.807) is 6.07 Å². The monoisotopic (exact) mass is 325 g/mol. The highest BCUT2D eigenvalue weighted by molar-refractivity contribution is 6.30. The van der Waals surface area contributed by atoms with Gasteiger partial charge in [-0.2, -0.15) is 5.26 Å². The van der Waals surface area contributed by atoms with Crippen LogP contribution in [-0.4, -0.2) is 9.97 Å².